The Balaban J connectivity index is 1.29. The van der Waals surface area contributed by atoms with Crippen molar-refractivity contribution in [3.63, 3.8) is 0 Å². The van der Waals surface area contributed by atoms with E-state index in [1.54, 1.807) is 0 Å². The molecule has 2 aliphatic rings. The van der Waals surface area contributed by atoms with E-state index in [-0.39, 0.29) is 5.91 Å². The van der Waals surface area contributed by atoms with Crippen LogP contribution in [0.4, 0.5) is 5.69 Å². The van der Waals surface area contributed by atoms with Gasteiger partial charge in [0.05, 0.1) is 5.41 Å². The van der Waals surface area contributed by atoms with Crippen LogP contribution in [0, 0.1) is 0 Å². The predicted molar refractivity (Wildman–Crippen MR) is 110 cm³/mol. The summed E-state index contributed by atoms with van der Waals surface area (Å²) in [7, 11) is 0. The van der Waals surface area contributed by atoms with Crippen molar-refractivity contribution >= 4 is 11.6 Å². The first-order valence-electron chi connectivity index (χ1n) is 9.78. The van der Waals surface area contributed by atoms with E-state index in [0.29, 0.717) is 13.2 Å². The maximum absolute atomic E-state index is 13.0. The van der Waals surface area contributed by atoms with Gasteiger partial charge < -0.3 is 19.5 Å². The van der Waals surface area contributed by atoms with Crippen molar-refractivity contribution in [2.75, 3.05) is 18.5 Å². The Bertz CT molecular complexity index is 1030. The average Bonchev–Trinajstić information content (AvgIpc) is 3.58. The highest BCUT2D eigenvalue weighted by molar-refractivity contribution is 6.01. The van der Waals surface area contributed by atoms with Gasteiger partial charge in [0.1, 0.15) is 24.7 Å². The van der Waals surface area contributed by atoms with Crippen LogP contribution in [0.1, 0.15) is 18.4 Å². The quantitative estimate of drug-likeness (QED) is 0.675. The molecule has 0 unspecified atom stereocenters. The summed E-state index contributed by atoms with van der Waals surface area (Å²) in [5, 5.41) is 3.05. The van der Waals surface area contributed by atoms with Gasteiger partial charge in [-0.15, -0.1) is 0 Å². The molecule has 5 rings (SSSR count). The van der Waals surface area contributed by atoms with Gasteiger partial charge in [-0.2, -0.15) is 0 Å². The number of benzene rings is 3. The van der Waals surface area contributed by atoms with Crippen LogP contribution in [-0.4, -0.2) is 19.1 Å². The lowest BCUT2D eigenvalue weighted by Crippen LogP contribution is -2.28. The van der Waals surface area contributed by atoms with Gasteiger partial charge in [0.2, 0.25) is 5.91 Å². The Hall–Kier alpha value is -3.47. The molecule has 1 aliphatic heterocycles. The Morgan fingerprint density at radius 1 is 0.828 bits per heavy atom. The number of rotatable bonds is 5. The van der Waals surface area contributed by atoms with E-state index in [9.17, 15) is 4.79 Å². The molecule has 5 heteroatoms. The minimum absolute atomic E-state index is 0.00547. The zero-order valence-electron chi connectivity index (χ0n) is 15.9. The van der Waals surface area contributed by atoms with Crippen LogP contribution in [0.25, 0.3) is 0 Å². The van der Waals surface area contributed by atoms with Gasteiger partial charge in [0.25, 0.3) is 0 Å². The SMILES string of the molecule is O=C(Nc1ccc(Oc2ccccc2)cc1)C1(c2ccc3c(c2)OCCO3)CC1. The molecule has 0 bridgehead atoms. The Morgan fingerprint density at radius 3 is 2.24 bits per heavy atom. The smallest absolute Gasteiger partial charge is 0.235 e. The van der Waals surface area contributed by atoms with Gasteiger partial charge >= 0.3 is 0 Å². The number of ether oxygens (including phenoxy) is 3. The summed E-state index contributed by atoms with van der Waals surface area (Å²) in [5.74, 6) is 2.97. The first-order chi connectivity index (χ1) is 14.2. The molecule has 1 fully saturated rings. The van der Waals surface area contributed by atoms with E-state index in [2.05, 4.69) is 5.32 Å². The first kappa shape index (κ1) is 17.6. The van der Waals surface area contributed by atoms with E-state index < -0.39 is 5.41 Å². The van der Waals surface area contributed by atoms with Crippen LogP contribution in [0.5, 0.6) is 23.0 Å². The maximum atomic E-state index is 13.0. The van der Waals surface area contributed by atoms with Crippen molar-refractivity contribution in [2.24, 2.45) is 0 Å². The third-order valence-corrected chi connectivity index (χ3v) is 5.37. The largest absolute Gasteiger partial charge is 0.486 e. The molecule has 0 saturated heterocycles. The standard InChI is InChI=1S/C24H21NO4/c26-23(24(12-13-24)17-6-11-21-22(16-17)28-15-14-27-21)25-18-7-9-20(10-8-18)29-19-4-2-1-3-5-19/h1-11,16H,12-15H2,(H,25,26). The Morgan fingerprint density at radius 2 is 1.52 bits per heavy atom. The summed E-state index contributed by atoms with van der Waals surface area (Å²) in [6, 6.07) is 22.8. The van der Waals surface area contributed by atoms with E-state index in [0.717, 1.165) is 47.1 Å². The van der Waals surface area contributed by atoms with E-state index in [1.807, 2.05) is 72.8 Å². The van der Waals surface area contributed by atoms with Crippen molar-refractivity contribution in [2.45, 2.75) is 18.3 Å². The lowest BCUT2D eigenvalue weighted by atomic mass is 9.94. The molecule has 1 aliphatic carbocycles. The minimum atomic E-state index is -0.491. The number of anilines is 1. The number of carbonyl (C=O) groups excluding carboxylic acids is 1. The fourth-order valence-electron chi connectivity index (χ4n) is 3.59. The maximum Gasteiger partial charge on any atom is 0.235 e. The average molecular weight is 387 g/mol. The molecule has 1 saturated carbocycles. The van der Waals surface area contributed by atoms with E-state index in [4.69, 9.17) is 14.2 Å². The minimum Gasteiger partial charge on any atom is -0.486 e. The molecule has 29 heavy (non-hydrogen) atoms. The third-order valence-electron chi connectivity index (χ3n) is 5.37. The monoisotopic (exact) mass is 387 g/mol. The number of hydrogen-bond donors (Lipinski definition) is 1. The fourth-order valence-corrected chi connectivity index (χ4v) is 3.59. The van der Waals surface area contributed by atoms with Crippen molar-refractivity contribution in [1.29, 1.82) is 0 Å². The second-order valence-electron chi connectivity index (χ2n) is 7.33. The van der Waals surface area contributed by atoms with Crippen molar-refractivity contribution < 1.29 is 19.0 Å². The van der Waals surface area contributed by atoms with E-state index in [1.165, 1.54) is 0 Å². The number of carbonyl (C=O) groups is 1. The van der Waals surface area contributed by atoms with Crippen LogP contribution < -0.4 is 19.5 Å². The second-order valence-corrected chi connectivity index (χ2v) is 7.33. The summed E-state index contributed by atoms with van der Waals surface area (Å²) < 4.78 is 17.1. The highest BCUT2D eigenvalue weighted by atomic mass is 16.6. The van der Waals surface area contributed by atoms with Gasteiger partial charge in [0, 0.05) is 5.69 Å². The van der Waals surface area contributed by atoms with Crippen LogP contribution in [0.15, 0.2) is 72.8 Å². The molecule has 3 aromatic carbocycles. The van der Waals surface area contributed by atoms with E-state index >= 15 is 0 Å². The molecule has 0 aromatic heterocycles. The van der Waals surface area contributed by atoms with Gasteiger partial charge in [-0.1, -0.05) is 24.3 Å². The summed E-state index contributed by atoms with van der Waals surface area (Å²) >= 11 is 0. The molecule has 1 heterocycles. The summed E-state index contributed by atoms with van der Waals surface area (Å²) in [5.41, 5.74) is 1.23. The van der Waals surface area contributed by atoms with Crippen LogP contribution in [0.2, 0.25) is 0 Å². The lowest BCUT2D eigenvalue weighted by Gasteiger charge is -2.21. The molecule has 0 radical (unpaired) electrons. The number of fused-ring (bicyclic) bond motifs is 1. The predicted octanol–water partition coefficient (Wildman–Crippen LogP) is 4.92. The molecule has 0 atom stereocenters. The number of nitrogens with one attached hydrogen (secondary N) is 1. The third kappa shape index (κ3) is 3.51. The first-order valence-corrected chi connectivity index (χ1v) is 9.78. The normalized spacial score (nSPS) is 16.0. The molecular formula is C24H21NO4. The Kier molecular flexibility index (Phi) is 4.35. The molecule has 5 nitrogen and oxygen atoms in total. The summed E-state index contributed by atoms with van der Waals surface area (Å²) in [6.45, 7) is 1.09. The topological polar surface area (TPSA) is 56.8 Å². The van der Waals surface area contributed by atoms with Crippen molar-refractivity contribution in [1.82, 2.24) is 0 Å². The van der Waals surface area contributed by atoms with Gasteiger partial charge in [-0.05, 0) is 66.9 Å². The van der Waals surface area contributed by atoms with Gasteiger partial charge in [-0.3, -0.25) is 4.79 Å². The number of amides is 1. The van der Waals surface area contributed by atoms with Crippen LogP contribution in [-0.2, 0) is 10.2 Å². The molecule has 0 spiro atoms. The molecule has 146 valence electrons. The summed E-state index contributed by atoms with van der Waals surface area (Å²) in [6.07, 6.45) is 1.65. The van der Waals surface area contributed by atoms with Crippen molar-refractivity contribution in [3.05, 3.63) is 78.4 Å². The Labute approximate surface area is 169 Å². The zero-order valence-corrected chi connectivity index (χ0v) is 15.9. The highest BCUT2D eigenvalue weighted by Crippen LogP contribution is 2.50. The fraction of sp³-hybridized carbons (Fsp3) is 0.208. The van der Waals surface area contributed by atoms with Gasteiger partial charge in [0.15, 0.2) is 11.5 Å². The molecule has 3 aromatic rings. The molecule has 1 amide bonds. The van der Waals surface area contributed by atoms with Crippen LogP contribution in [0.3, 0.4) is 0 Å². The number of hydrogen-bond acceptors (Lipinski definition) is 4. The highest BCUT2D eigenvalue weighted by Gasteiger charge is 2.51. The lowest BCUT2D eigenvalue weighted by molar-refractivity contribution is -0.118. The zero-order chi connectivity index (χ0) is 19.7. The second kappa shape index (κ2) is 7.17. The van der Waals surface area contributed by atoms with Gasteiger partial charge in [-0.25, -0.2) is 0 Å². The summed E-state index contributed by atoms with van der Waals surface area (Å²) in [4.78, 5) is 13.0. The molecular weight excluding hydrogens is 366 g/mol. The molecule has 1 N–H and O–H groups in total. The van der Waals surface area contributed by atoms with Crippen LogP contribution >= 0.6 is 0 Å². The van der Waals surface area contributed by atoms with Crippen molar-refractivity contribution in [3.8, 4) is 23.0 Å². The number of para-hydroxylation sites is 1.